The minimum absolute atomic E-state index is 0.0367. The van der Waals surface area contributed by atoms with Gasteiger partial charge in [-0.05, 0) is 54.2 Å². The molecule has 0 saturated heterocycles. The van der Waals surface area contributed by atoms with E-state index >= 15 is 0 Å². The van der Waals surface area contributed by atoms with Crippen molar-refractivity contribution in [1.82, 2.24) is 5.32 Å². The first kappa shape index (κ1) is 20.8. The lowest BCUT2D eigenvalue weighted by Crippen LogP contribution is -2.24. The van der Waals surface area contributed by atoms with Crippen molar-refractivity contribution in [3.8, 4) is 0 Å². The Labute approximate surface area is 172 Å². The first-order valence-corrected chi connectivity index (χ1v) is 10.5. The molecule has 0 fully saturated rings. The van der Waals surface area contributed by atoms with Crippen LogP contribution in [0.25, 0.3) is 10.8 Å². The van der Waals surface area contributed by atoms with Crippen molar-refractivity contribution in [3.63, 3.8) is 0 Å². The second-order valence-electron chi connectivity index (χ2n) is 7.40. The van der Waals surface area contributed by atoms with E-state index in [4.69, 9.17) is 4.74 Å². The average Bonchev–Trinajstić information content (AvgIpc) is 2.77. The van der Waals surface area contributed by atoms with Crippen LogP contribution in [-0.2, 0) is 9.53 Å². The number of hydrogen-bond acceptors (Lipinski definition) is 3. The van der Waals surface area contributed by atoms with Crippen LogP contribution < -0.4 is 5.32 Å². The van der Waals surface area contributed by atoms with Crippen molar-refractivity contribution in [2.24, 2.45) is 0 Å². The smallest absolute Gasteiger partial charge is 0.306 e. The fourth-order valence-electron chi connectivity index (χ4n) is 3.39. The fourth-order valence-corrected chi connectivity index (χ4v) is 3.39. The van der Waals surface area contributed by atoms with E-state index in [2.05, 4.69) is 17.5 Å². The number of carbonyl (C=O) groups is 2. The third-order valence-electron chi connectivity index (χ3n) is 5.08. The summed E-state index contributed by atoms with van der Waals surface area (Å²) in [6.07, 6.45) is 12.5. The molecule has 0 heterocycles. The van der Waals surface area contributed by atoms with Crippen LogP contribution >= 0.6 is 0 Å². The zero-order valence-electron chi connectivity index (χ0n) is 16.9. The zero-order valence-corrected chi connectivity index (χ0v) is 16.9. The van der Waals surface area contributed by atoms with Crippen LogP contribution in [0.1, 0.15) is 55.3 Å². The SMILES string of the molecule is O=C(CCCCCCNC(=O)c1ccc2ccccc2c1)OCC1=CCCC=C1. The summed E-state index contributed by atoms with van der Waals surface area (Å²) >= 11 is 0. The number of esters is 1. The largest absolute Gasteiger partial charge is 0.461 e. The molecule has 0 aliphatic heterocycles. The summed E-state index contributed by atoms with van der Waals surface area (Å²) in [6, 6.07) is 13.8. The molecule has 1 N–H and O–H groups in total. The van der Waals surface area contributed by atoms with E-state index < -0.39 is 0 Å². The van der Waals surface area contributed by atoms with Crippen LogP contribution in [0.4, 0.5) is 0 Å². The zero-order chi connectivity index (χ0) is 20.3. The quantitative estimate of drug-likeness (QED) is 0.439. The highest BCUT2D eigenvalue weighted by Crippen LogP contribution is 2.15. The predicted octanol–water partition coefficient (Wildman–Crippen LogP) is 5.34. The molecule has 4 nitrogen and oxygen atoms in total. The Balaban J connectivity index is 1.25. The van der Waals surface area contributed by atoms with E-state index in [0.717, 1.165) is 54.9 Å². The normalized spacial score (nSPS) is 13.2. The monoisotopic (exact) mass is 391 g/mol. The topological polar surface area (TPSA) is 55.4 Å². The molecule has 1 aliphatic carbocycles. The molecular weight excluding hydrogens is 362 g/mol. The van der Waals surface area contributed by atoms with Gasteiger partial charge < -0.3 is 10.1 Å². The van der Waals surface area contributed by atoms with Gasteiger partial charge in [0.2, 0.25) is 0 Å². The van der Waals surface area contributed by atoms with Gasteiger partial charge in [0.05, 0.1) is 0 Å². The number of benzene rings is 2. The third-order valence-corrected chi connectivity index (χ3v) is 5.08. The lowest BCUT2D eigenvalue weighted by Gasteiger charge is -2.08. The molecule has 2 aromatic carbocycles. The van der Waals surface area contributed by atoms with Gasteiger partial charge in [-0.15, -0.1) is 0 Å². The summed E-state index contributed by atoms with van der Waals surface area (Å²) in [5.41, 5.74) is 1.78. The van der Waals surface area contributed by atoms with E-state index in [1.165, 1.54) is 0 Å². The number of allylic oxidation sites excluding steroid dienone is 2. The van der Waals surface area contributed by atoms with Gasteiger partial charge in [0.25, 0.3) is 5.91 Å². The Morgan fingerprint density at radius 2 is 1.76 bits per heavy atom. The van der Waals surface area contributed by atoms with Gasteiger partial charge in [-0.25, -0.2) is 0 Å². The van der Waals surface area contributed by atoms with Crippen molar-refractivity contribution in [1.29, 1.82) is 0 Å². The molecular formula is C25H29NO3. The van der Waals surface area contributed by atoms with Gasteiger partial charge in [0.1, 0.15) is 6.61 Å². The fraction of sp³-hybridized carbons (Fsp3) is 0.360. The standard InChI is InChI=1S/C25H29NO3/c27-24(29-19-20-10-4-3-5-11-20)14-6-1-2-9-17-26-25(28)23-16-15-21-12-7-8-13-22(21)18-23/h4,7-8,10-13,15-16,18H,1-3,5-6,9,14,17,19H2,(H,26,28). The summed E-state index contributed by atoms with van der Waals surface area (Å²) < 4.78 is 5.30. The first-order valence-electron chi connectivity index (χ1n) is 10.5. The molecule has 152 valence electrons. The summed E-state index contributed by atoms with van der Waals surface area (Å²) in [6.45, 7) is 1.03. The number of rotatable bonds is 10. The summed E-state index contributed by atoms with van der Waals surface area (Å²) in [5.74, 6) is -0.167. The Morgan fingerprint density at radius 3 is 2.59 bits per heavy atom. The van der Waals surface area contributed by atoms with Crippen molar-refractivity contribution in [2.45, 2.75) is 44.9 Å². The van der Waals surface area contributed by atoms with Crippen molar-refractivity contribution >= 4 is 22.6 Å². The van der Waals surface area contributed by atoms with E-state index in [0.29, 0.717) is 25.1 Å². The highest BCUT2D eigenvalue weighted by Gasteiger charge is 2.07. The Morgan fingerprint density at radius 1 is 0.931 bits per heavy atom. The van der Waals surface area contributed by atoms with Gasteiger partial charge in [-0.3, -0.25) is 9.59 Å². The molecule has 1 amide bonds. The van der Waals surface area contributed by atoms with Crippen molar-refractivity contribution in [2.75, 3.05) is 13.2 Å². The van der Waals surface area contributed by atoms with E-state index in [1.807, 2.05) is 48.5 Å². The van der Waals surface area contributed by atoms with Crippen LogP contribution in [-0.4, -0.2) is 25.0 Å². The maximum absolute atomic E-state index is 12.3. The molecule has 0 unspecified atom stereocenters. The van der Waals surface area contributed by atoms with Crippen LogP contribution in [0.15, 0.2) is 66.3 Å². The molecule has 0 atom stereocenters. The number of amides is 1. The molecule has 2 aromatic rings. The highest BCUT2D eigenvalue weighted by atomic mass is 16.5. The second-order valence-corrected chi connectivity index (χ2v) is 7.40. The molecule has 0 radical (unpaired) electrons. The lowest BCUT2D eigenvalue weighted by molar-refractivity contribution is -0.142. The van der Waals surface area contributed by atoms with Crippen molar-refractivity contribution in [3.05, 3.63) is 71.8 Å². The average molecular weight is 392 g/mol. The Hall–Kier alpha value is -2.88. The first-order chi connectivity index (χ1) is 14.2. The van der Waals surface area contributed by atoms with Gasteiger partial charge >= 0.3 is 5.97 Å². The summed E-state index contributed by atoms with van der Waals surface area (Å²) in [4.78, 5) is 24.1. The molecule has 29 heavy (non-hydrogen) atoms. The molecule has 0 aromatic heterocycles. The minimum atomic E-state index is -0.130. The van der Waals surface area contributed by atoms with Gasteiger partial charge in [0.15, 0.2) is 0 Å². The maximum atomic E-state index is 12.3. The number of carbonyl (C=O) groups excluding carboxylic acids is 2. The molecule has 4 heteroatoms. The van der Waals surface area contributed by atoms with Gasteiger partial charge in [-0.1, -0.05) is 61.4 Å². The molecule has 0 bridgehead atoms. The van der Waals surface area contributed by atoms with Crippen LogP contribution in [0.2, 0.25) is 0 Å². The molecule has 1 aliphatic rings. The van der Waals surface area contributed by atoms with E-state index in [9.17, 15) is 9.59 Å². The van der Waals surface area contributed by atoms with Crippen LogP contribution in [0.3, 0.4) is 0 Å². The van der Waals surface area contributed by atoms with Crippen LogP contribution in [0, 0.1) is 0 Å². The van der Waals surface area contributed by atoms with Gasteiger partial charge in [-0.2, -0.15) is 0 Å². The van der Waals surface area contributed by atoms with E-state index in [1.54, 1.807) is 0 Å². The number of hydrogen-bond donors (Lipinski definition) is 1. The van der Waals surface area contributed by atoms with E-state index in [-0.39, 0.29) is 11.9 Å². The lowest BCUT2D eigenvalue weighted by atomic mass is 10.1. The molecule has 0 saturated carbocycles. The predicted molar refractivity (Wildman–Crippen MR) is 117 cm³/mol. The minimum Gasteiger partial charge on any atom is -0.461 e. The van der Waals surface area contributed by atoms with Gasteiger partial charge in [0, 0.05) is 18.5 Å². The number of fused-ring (bicyclic) bond motifs is 1. The third kappa shape index (κ3) is 6.90. The summed E-state index contributed by atoms with van der Waals surface area (Å²) in [5, 5.41) is 5.18. The molecule has 0 spiro atoms. The second kappa shape index (κ2) is 11.2. The maximum Gasteiger partial charge on any atom is 0.306 e. The summed E-state index contributed by atoms with van der Waals surface area (Å²) in [7, 11) is 0. The Kier molecular flexibility index (Phi) is 8.05. The number of ether oxygens (including phenoxy) is 1. The van der Waals surface area contributed by atoms with Crippen LogP contribution in [0.5, 0.6) is 0 Å². The Bertz CT molecular complexity index is 898. The number of nitrogens with one attached hydrogen (secondary N) is 1. The highest BCUT2D eigenvalue weighted by molar-refractivity contribution is 5.98. The number of unbranched alkanes of at least 4 members (excludes halogenated alkanes) is 3. The van der Waals surface area contributed by atoms with Crippen molar-refractivity contribution < 1.29 is 14.3 Å². The molecule has 3 rings (SSSR count).